The molecule has 0 saturated carbocycles. The molecule has 39 heavy (non-hydrogen) atoms. The molecule has 3 heterocycles. The van der Waals surface area contributed by atoms with Crippen molar-refractivity contribution in [3.8, 4) is 0 Å². The van der Waals surface area contributed by atoms with E-state index >= 15 is 0 Å². The van der Waals surface area contributed by atoms with Crippen LogP contribution >= 0.6 is 0 Å². The first-order valence-electron chi connectivity index (χ1n) is 14.0. The summed E-state index contributed by atoms with van der Waals surface area (Å²) in [6, 6.07) is 25.0. The van der Waals surface area contributed by atoms with Crippen molar-refractivity contribution >= 4 is 34.3 Å². The Morgan fingerprint density at radius 1 is 0.897 bits per heavy atom. The van der Waals surface area contributed by atoms with E-state index in [2.05, 4.69) is 82.0 Å². The van der Waals surface area contributed by atoms with E-state index in [9.17, 15) is 4.79 Å². The van der Waals surface area contributed by atoms with Crippen LogP contribution in [0.5, 0.6) is 0 Å². The number of hydrogen-bond donors (Lipinski definition) is 2. The highest BCUT2D eigenvalue weighted by Crippen LogP contribution is 2.27. The van der Waals surface area contributed by atoms with E-state index in [4.69, 9.17) is 9.97 Å². The van der Waals surface area contributed by atoms with Gasteiger partial charge in [-0.15, -0.1) is 0 Å². The number of aromatic nitrogens is 2. The molecule has 1 aromatic heterocycles. The van der Waals surface area contributed by atoms with Crippen molar-refractivity contribution in [2.45, 2.75) is 39.3 Å². The van der Waals surface area contributed by atoms with Crippen LogP contribution in [0.15, 0.2) is 72.8 Å². The molecule has 0 atom stereocenters. The number of likely N-dealkylation sites (tertiary alicyclic amines) is 1. The number of amides is 1. The summed E-state index contributed by atoms with van der Waals surface area (Å²) >= 11 is 0. The summed E-state index contributed by atoms with van der Waals surface area (Å²) in [4.78, 5) is 27.2. The third kappa shape index (κ3) is 6.04. The van der Waals surface area contributed by atoms with Gasteiger partial charge >= 0.3 is 0 Å². The molecular weight excluding hydrogens is 484 g/mol. The first kappa shape index (κ1) is 25.3. The number of hydrogen-bond acceptors (Lipinski definition) is 6. The van der Waals surface area contributed by atoms with Gasteiger partial charge in [-0.05, 0) is 74.7 Å². The molecule has 0 spiro atoms. The lowest BCUT2D eigenvalue weighted by molar-refractivity contribution is -0.121. The molecule has 2 aliphatic rings. The van der Waals surface area contributed by atoms with Gasteiger partial charge in [0, 0.05) is 43.2 Å². The maximum absolute atomic E-state index is 12.9. The SMILES string of the molecule is Cc1ccc2nc(N3CCC3)nc(NCc3ccc(NC(=O)C4CCN(Cc5ccccc5)CC4)cc3)c2c1. The quantitative estimate of drug-likeness (QED) is 0.315. The third-order valence-corrected chi connectivity index (χ3v) is 7.87. The molecule has 2 N–H and O–H groups in total. The van der Waals surface area contributed by atoms with E-state index in [0.29, 0.717) is 6.54 Å². The number of carbonyl (C=O) groups is 1. The van der Waals surface area contributed by atoms with Crippen molar-refractivity contribution in [1.82, 2.24) is 14.9 Å². The lowest BCUT2D eigenvalue weighted by atomic mass is 9.95. The van der Waals surface area contributed by atoms with Gasteiger partial charge in [0.15, 0.2) is 0 Å². The zero-order valence-electron chi connectivity index (χ0n) is 22.6. The van der Waals surface area contributed by atoms with E-state index in [1.54, 1.807) is 0 Å². The Morgan fingerprint density at radius 3 is 2.38 bits per heavy atom. The zero-order chi connectivity index (χ0) is 26.6. The summed E-state index contributed by atoms with van der Waals surface area (Å²) in [5.41, 5.74) is 5.46. The van der Waals surface area contributed by atoms with Gasteiger partial charge in [-0.1, -0.05) is 54.1 Å². The molecule has 4 aromatic rings. The summed E-state index contributed by atoms with van der Waals surface area (Å²) in [6.45, 7) is 7.62. The Balaban J connectivity index is 1.04. The fourth-order valence-corrected chi connectivity index (χ4v) is 5.35. The van der Waals surface area contributed by atoms with E-state index in [1.807, 2.05) is 18.2 Å². The largest absolute Gasteiger partial charge is 0.365 e. The van der Waals surface area contributed by atoms with Crippen LogP contribution in [0.2, 0.25) is 0 Å². The molecule has 2 fully saturated rings. The lowest BCUT2D eigenvalue weighted by Crippen LogP contribution is -2.38. The van der Waals surface area contributed by atoms with Crippen molar-refractivity contribution in [2.24, 2.45) is 5.92 Å². The summed E-state index contributed by atoms with van der Waals surface area (Å²) < 4.78 is 0. The van der Waals surface area contributed by atoms with Crippen molar-refractivity contribution in [1.29, 1.82) is 0 Å². The van der Waals surface area contributed by atoms with Crippen LogP contribution in [-0.2, 0) is 17.9 Å². The van der Waals surface area contributed by atoms with E-state index in [-0.39, 0.29) is 11.8 Å². The van der Waals surface area contributed by atoms with Gasteiger partial charge in [-0.3, -0.25) is 9.69 Å². The molecule has 0 unspecified atom stereocenters. The molecule has 2 aliphatic heterocycles. The number of carbonyl (C=O) groups excluding carboxylic acids is 1. The Hall–Kier alpha value is -3.97. The molecule has 7 heteroatoms. The first-order valence-corrected chi connectivity index (χ1v) is 14.0. The van der Waals surface area contributed by atoms with Crippen LogP contribution in [0, 0.1) is 12.8 Å². The maximum atomic E-state index is 12.9. The third-order valence-electron chi connectivity index (χ3n) is 7.87. The second-order valence-corrected chi connectivity index (χ2v) is 10.8. The monoisotopic (exact) mass is 520 g/mol. The first-order chi connectivity index (χ1) is 19.1. The molecule has 1 amide bonds. The number of nitrogens with zero attached hydrogens (tertiary/aromatic N) is 4. The molecule has 3 aromatic carbocycles. The van der Waals surface area contributed by atoms with E-state index < -0.39 is 0 Å². The molecule has 7 nitrogen and oxygen atoms in total. The average Bonchev–Trinajstić information content (AvgIpc) is 2.93. The molecular formula is C32H36N6O. The molecule has 6 rings (SSSR count). The molecule has 0 bridgehead atoms. The lowest BCUT2D eigenvalue weighted by Gasteiger charge is -2.31. The minimum Gasteiger partial charge on any atom is -0.365 e. The molecule has 0 aliphatic carbocycles. The fourth-order valence-electron chi connectivity index (χ4n) is 5.35. The highest BCUT2D eigenvalue weighted by molar-refractivity contribution is 5.93. The summed E-state index contributed by atoms with van der Waals surface area (Å²) in [7, 11) is 0. The standard InChI is InChI=1S/C32H36N6O/c1-23-8-13-29-28(20-23)30(36-32(35-29)38-16-5-17-38)33-21-24-9-11-27(12-10-24)34-31(39)26-14-18-37(19-15-26)22-25-6-3-2-4-7-25/h2-4,6-13,20,26H,5,14-19,21-22H2,1H3,(H,34,39)(H,33,35,36). The van der Waals surface area contributed by atoms with E-state index in [1.165, 1.54) is 17.5 Å². The minimum atomic E-state index is 0.0634. The van der Waals surface area contributed by atoms with Crippen LogP contribution in [0.4, 0.5) is 17.5 Å². The Kier molecular flexibility index (Phi) is 7.41. The normalized spacial score (nSPS) is 16.2. The highest BCUT2D eigenvalue weighted by Gasteiger charge is 2.25. The Bertz CT molecular complexity index is 1430. The predicted octanol–water partition coefficient (Wildman–Crippen LogP) is 5.61. The van der Waals surface area contributed by atoms with Gasteiger partial charge in [0.2, 0.25) is 11.9 Å². The second-order valence-electron chi connectivity index (χ2n) is 10.8. The minimum absolute atomic E-state index is 0.0634. The van der Waals surface area contributed by atoms with Gasteiger partial charge in [0.25, 0.3) is 0 Å². The summed E-state index contributed by atoms with van der Waals surface area (Å²) in [6.07, 6.45) is 2.98. The number of aryl methyl sites for hydroxylation is 1. The van der Waals surface area contributed by atoms with Crippen LogP contribution < -0.4 is 15.5 Å². The van der Waals surface area contributed by atoms with Gasteiger partial charge < -0.3 is 15.5 Å². The maximum Gasteiger partial charge on any atom is 0.227 e. The van der Waals surface area contributed by atoms with Crippen molar-refractivity contribution in [2.75, 3.05) is 41.7 Å². The summed E-state index contributed by atoms with van der Waals surface area (Å²) in [5.74, 6) is 1.85. The van der Waals surface area contributed by atoms with Gasteiger partial charge in [-0.2, -0.15) is 4.98 Å². The predicted molar refractivity (Wildman–Crippen MR) is 158 cm³/mol. The number of nitrogens with one attached hydrogen (secondary N) is 2. The topological polar surface area (TPSA) is 73.4 Å². The number of piperidine rings is 1. The van der Waals surface area contributed by atoms with Crippen molar-refractivity contribution < 1.29 is 4.79 Å². The van der Waals surface area contributed by atoms with Crippen LogP contribution in [-0.4, -0.2) is 47.0 Å². The highest BCUT2D eigenvalue weighted by atomic mass is 16.1. The number of benzene rings is 3. The van der Waals surface area contributed by atoms with Crippen molar-refractivity contribution in [3.05, 3.63) is 89.5 Å². The molecule has 200 valence electrons. The van der Waals surface area contributed by atoms with Crippen LogP contribution in [0.25, 0.3) is 10.9 Å². The second kappa shape index (κ2) is 11.4. The Morgan fingerprint density at radius 2 is 1.67 bits per heavy atom. The Labute approximate surface area is 230 Å². The van der Waals surface area contributed by atoms with Gasteiger partial charge in [-0.25, -0.2) is 4.98 Å². The fraction of sp³-hybridized carbons (Fsp3) is 0.344. The van der Waals surface area contributed by atoms with E-state index in [0.717, 1.165) is 79.5 Å². The molecule has 0 radical (unpaired) electrons. The molecule has 2 saturated heterocycles. The van der Waals surface area contributed by atoms with Crippen molar-refractivity contribution in [3.63, 3.8) is 0 Å². The average molecular weight is 521 g/mol. The van der Waals surface area contributed by atoms with Gasteiger partial charge in [0.1, 0.15) is 5.82 Å². The number of anilines is 3. The van der Waals surface area contributed by atoms with Gasteiger partial charge in [0.05, 0.1) is 5.52 Å². The number of fused-ring (bicyclic) bond motifs is 1. The number of rotatable bonds is 8. The summed E-state index contributed by atoms with van der Waals surface area (Å²) in [5, 5.41) is 7.71. The zero-order valence-corrected chi connectivity index (χ0v) is 22.6. The smallest absolute Gasteiger partial charge is 0.227 e. The van der Waals surface area contributed by atoms with Crippen LogP contribution in [0.3, 0.4) is 0 Å². The van der Waals surface area contributed by atoms with Crippen LogP contribution in [0.1, 0.15) is 36.0 Å².